The minimum atomic E-state index is -0.850. The highest BCUT2D eigenvalue weighted by molar-refractivity contribution is 5.69. The van der Waals surface area contributed by atoms with Crippen molar-refractivity contribution in [2.24, 2.45) is 0 Å². The summed E-state index contributed by atoms with van der Waals surface area (Å²) in [4.78, 5) is 11.1. The van der Waals surface area contributed by atoms with Crippen molar-refractivity contribution in [1.82, 2.24) is 5.32 Å². The highest BCUT2D eigenvalue weighted by Crippen LogP contribution is 2.22. The topological polar surface area (TPSA) is 58.6 Å². The second-order valence-electron chi connectivity index (χ2n) is 8.25. The van der Waals surface area contributed by atoms with Crippen LogP contribution in [-0.2, 0) is 30.7 Å². The van der Waals surface area contributed by atoms with Crippen LogP contribution >= 0.6 is 0 Å². The number of carboxylic acid groups (broad SMARTS) is 1. The van der Waals surface area contributed by atoms with E-state index in [2.05, 4.69) is 72.6 Å². The number of nitrogens with one attached hydrogen (secondary N) is 1. The fourth-order valence-electron chi connectivity index (χ4n) is 3.92. The van der Waals surface area contributed by atoms with Gasteiger partial charge in [0.1, 0.15) is 5.75 Å². The zero-order valence-electron chi connectivity index (χ0n) is 20.0. The molecule has 4 heteroatoms. The Balaban J connectivity index is 1.43. The maximum Gasteiger partial charge on any atom is 0.304 e. The molecule has 0 aliphatic carbocycles. The molecule has 3 rings (SSSR count). The summed E-state index contributed by atoms with van der Waals surface area (Å²) in [6, 6.07) is 24.8. The standard InChI is InChI=1S/C30H33NO3/c1-3-7-27(20-30(32)33)26-14-16-29(17-15-26)34-19-18-23-10-12-24(13-11-23)21-31-22-28-9-6-5-8-25(28)4-2/h5-6,8-17,27,31H,4,18-22H2,1-2H3,(H,32,33). The molecule has 2 N–H and O–H groups in total. The lowest BCUT2D eigenvalue weighted by atomic mass is 9.96. The van der Waals surface area contributed by atoms with Crippen molar-refractivity contribution in [1.29, 1.82) is 0 Å². The first-order chi connectivity index (χ1) is 16.6. The van der Waals surface area contributed by atoms with Crippen LogP contribution in [0, 0.1) is 11.8 Å². The van der Waals surface area contributed by atoms with Gasteiger partial charge in [-0.25, -0.2) is 0 Å². The van der Waals surface area contributed by atoms with Gasteiger partial charge >= 0.3 is 5.97 Å². The Morgan fingerprint density at radius 3 is 2.26 bits per heavy atom. The predicted molar refractivity (Wildman–Crippen MR) is 137 cm³/mol. The average molecular weight is 456 g/mol. The quantitative estimate of drug-likeness (QED) is 0.342. The Morgan fingerprint density at radius 2 is 1.62 bits per heavy atom. The molecule has 3 aromatic carbocycles. The minimum Gasteiger partial charge on any atom is -0.493 e. The molecule has 0 spiro atoms. The molecule has 0 radical (unpaired) electrons. The zero-order valence-corrected chi connectivity index (χ0v) is 20.0. The molecule has 0 fully saturated rings. The van der Waals surface area contributed by atoms with E-state index in [-0.39, 0.29) is 12.3 Å². The van der Waals surface area contributed by atoms with Crippen LogP contribution in [0.15, 0.2) is 72.8 Å². The molecule has 4 nitrogen and oxygen atoms in total. The Labute approximate surface area is 203 Å². The van der Waals surface area contributed by atoms with Crippen molar-refractivity contribution in [3.63, 3.8) is 0 Å². The zero-order chi connectivity index (χ0) is 24.2. The van der Waals surface area contributed by atoms with Gasteiger partial charge in [-0.15, -0.1) is 5.92 Å². The number of aliphatic carboxylic acids is 1. The normalized spacial score (nSPS) is 11.4. The summed E-state index contributed by atoms with van der Waals surface area (Å²) >= 11 is 0. The van der Waals surface area contributed by atoms with Gasteiger partial charge in [0.2, 0.25) is 0 Å². The summed E-state index contributed by atoms with van der Waals surface area (Å²) in [5, 5.41) is 12.6. The van der Waals surface area contributed by atoms with Crippen molar-refractivity contribution >= 4 is 5.97 Å². The van der Waals surface area contributed by atoms with Gasteiger partial charge < -0.3 is 15.2 Å². The minimum absolute atomic E-state index is 0.00140. The van der Waals surface area contributed by atoms with Crippen LogP contribution in [0.3, 0.4) is 0 Å². The second kappa shape index (κ2) is 13.2. The van der Waals surface area contributed by atoms with Gasteiger partial charge in [0.25, 0.3) is 0 Å². The van der Waals surface area contributed by atoms with Crippen molar-refractivity contribution in [2.45, 2.75) is 52.1 Å². The first kappa shape index (κ1) is 25.1. The third-order valence-corrected chi connectivity index (χ3v) is 5.81. The number of hydrogen-bond donors (Lipinski definition) is 2. The maximum absolute atomic E-state index is 11.1. The molecular formula is C30H33NO3. The van der Waals surface area contributed by atoms with E-state index in [4.69, 9.17) is 9.84 Å². The maximum atomic E-state index is 11.1. The molecule has 1 unspecified atom stereocenters. The van der Waals surface area contributed by atoms with E-state index in [0.717, 1.165) is 37.2 Å². The molecule has 0 aliphatic rings. The Morgan fingerprint density at radius 1 is 0.941 bits per heavy atom. The number of benzene rings is 3. The number of rotatable bonds is 12. The van der Waals surface area contributed by atoms with Gasteiger partial charge in [-0.1, -0.05) is 73.5 Å². The van der Waals surface area contributed by atoms with Crippen LogP contribution in [0.25, 0.3) is 0 Å². The third kappa shape index (κ3) is 7.79. The van der Waals surface area contributed by atoms with Crippen LogP contribution in [0.4, 0.5) is 0 Å². The Hall–Kier alpha value is -3.55. The van der Waals surface area contributed by atoms with Gasteiger partial charge in [-0.2, -0.15) is 0 Å². The molecular weight excluding hydrogens is 422 g/mol. The summed E-state index contributed by atoms with van der Waals surface area (Å²) < 4.78 is 5.89. The predicted octanol–water partition coefficient (Wildman–Crippen LogP) is 5.74. The average Bonchev–Trinajstić information content (AvgIpc) is 2.85. The van der Waals surface area contributed by atoms with Crippen LogP contribution in [-0.4, -0.2) is 17.7 Å². The molecule has 0 bridgehead atoms. The largest absolute Gasteiger partial charge is 0.493 e. The van der Waals surface area contributed by atoms with Crippen molar-refractivity contribution < 1.29 is 14.6 Å². The van der Waals surface area contributed by atoms with E-state index in [1.54, 1.807) is 6.92 Å². The Bertz CT molecular complexity index is 1110. The lowest BCUT2D eigenvalue weighted by molar-refractivity contribution is -0.137. The van der Waals surface area contributed by atoms with E-state index in [1.807, 2.05) is 24.3 Å². The molecule has 0 saturated carbocycles. The monoisotopic (exact) mass is 455 g/mol. The molecule has 3 aromatic rings. The molecule has 0 aromatic heterocycles. The highest BCUT2D eigenvalue weighted by Gasteiger charge is 2.13. The number of carboxylic acids is 1. The summed E-state index contributed by atoms with van der Waals surface area (Å²) in [5.41, 5.74) is 6.15. The second-order valence-corrected chi connectivity index (χ2v) is 8.25. The van der Waals surface area contributed by atoms with Gasteiger partial charge in [-0.3, -0.25) is 4.79 Å². The third-order valence-electron chi connectivity index (χ3n) is 5.81. The van der Waals surface area contributed by atoms with Gasteiger partial charge in [0.15, 0.2) is 0 Å². The SMILES string of the molecule is CC#CC(CC(=O)O)c1ccc(OCCc2ccc(CNCc3ccccc3CC)cc2)cc1. The van der Waals surface area contributed by atoms with Crippen LogP contribution in [0.1, 0.15) is 54.0 Å². The molecule has 0 aliphatic heterocycles. The lowest BCUT2D eigenvalue weighted by Gasteiger charge is -2.11. The first-order valence-electron chi connectivity index (χ1n) is 11.8. The van der Waals surface area contributed by atoms with Crippen molar-refractivity contribution in [3.05, 3.63) is 101 Å². The summed E-state index contributed by atoms with van der Waals surface area (Å²) in [7, 11) is 0. The number of carbonyl (C=O) groups is 1. The van der Waals surface area contributed by atoms with E-state index in [9.17, 15) is 4.79 Å². The van der Waals surface area contributed by atoms with Crippen LogP contribution in [0.2, 0.25) is 0 Å². The van der Waals surface area contributed by atoms with Crippen LogP contribution < -0.4 is 10.1 Å². The van der Waals surface area contributed by atoms with E-state index < -0.39 is 5.97 Å². The van der Waals surface area contributed by atoms with Crippen molar-refractivity contribution in [2.75, 3.05) is 6.61 Å². The van der Waals surface area contributed by atoms with E-state index >= 15 is 0 Å². The van der Waals surface area contributed by atoms with Gasteiger partial charge in [0.05, 0.1) is 18.9 Å². The fraction of sp³-hybridized carbons (Fsp3) is 0.300. The highest BCUT2D eigenvalue weighted by atomic mass is 16.5. The number of aryl methyl sites for hydroxylation is 1. The first-order valence-corrected chi connectivity index (χ1v) is 11.8. The molecule has 1 atom stereocenters. The molecule has 0 heterocycles. The fourth-order valence-corrected chi connectivity index (χ4v) is 3.92. The molecule has 34 heavy (non-hydrogen) atoms. The molecule has 176 valence electrons. The summed E-state index contributed by atoms with van der Waals surface area (Å²) in [5.74, 6) is 5.41. The van der Waals surface area contributed by atoms with Gasteiger partial charge in [-0.05, 0) is 53.3 Å². The molecule has 0 amide bonds. The number of hydrogen-bond acceptors (Lipinski definition) is 3. The smallest absolute Gasteiger partial charge is 0.304 e. The van der Waals surface area contributed by atoms with Crippen molar-refractivity contribution in [3.8, 4) is 17.6 Å². The molecule has 0 saturated heterocycles. The van der Waals surface area contributed by atoms with E-state index in [1.165, 1.54) is 22.3 Å². The lowest BCUT2D eigenvalue weighted by Crippen LogP contribution is -2.14. The van der Waals surface area contributed by atoms with Gasteiger partial charge in [0, 0.05) is 19.5 Å². The number of ether oxygens (including phenoxy) is 1. The van der Waals surface area contributed by atoms with Crippen LogP contribution in [0.5, 0.6) is 5.75 Å². The summed E-state index contributed by atoms with van der Waals surface area (Å²) in [6.07, 6.45) is 1.87. The Kier molecular flexibility index (Phi) is 9.76. The van der Waals surface area contributed by atoms with E-state index in [0.29, 0.717) is 6.61 Å². The summed E-state index contributed by atoms with van der Waals surface area (Å²) in [6.45, 7) is 6.21.